The maximum absolute atomic E-state index is 13.0. The molecule has 0 radical (unpaired) electrons. The van der Waals surface area contributed by atoms with E-state index in [0.717, 1.165) is 0 Å². The van der Waals surface area contributed by atoms with Crippen LogP contribution < -0.4 is 0 Å². The molecule has 0 aromatic heterocycles. The largest absolute Gasteiger partial charge is 0.398 e. The van der Waals surface area contributed by atoms with Crippen molar-refractivity contribution in [2.45, 2.75) is 122 Å². The minimum atomic E-state index is -6.59. The molecule has 0 heterocycles. The predicted octanol–water partition coefficient (Wildman–Crippen LogP) is -10.6. The van der Waals surface area contributed by atoms with Crippen LogP contribution >= 0.6 is 0 Å². The van der Waals surface area contributed by atoms with Gasteiger partial charge < -0.3 is 0 Å². The molecule has 63 nitrogen and oxygen atoms in total. The first-order valence-electron chi connectivity index (χ1n) is 27.3. The molecule has 5 aliphatic rings. The number of nitrogens with zero attached hydrogens (tertiary/aromatic N) is 3. The molecule has 5 rings (SSSR count). The first kappa shape index (κ1) is 99.2. The minimum absolute atomic E-state index is 0.0158. The van der Waals surface area contributed by atoms with Crippen LogP contribution in [0.3, 0.4) is 0 Å². The lowest BCUT2D eigenvalue weighted by molar-refractivity contribution is -0.0906. The lowest BCUT2D eigenvalue weighted by Gasteiger charge is -2.49. The topological polar surface area (TPSA) is 964 Å². The molecule has 20 atom stereocenters. The van der Waals surface area contributed by atoms with Crippen molar-refractivity contribution in [3.8, 4) is 0 Å². The van der Waals surface area contributed by atoms with Crippen molar-refractivity contribution in [3.63, 3.8) is 0 Å². The van der Waals surface area contributed by atoms with E-state index < -0.39 is 304 Å². The second-order valence-corrected chi connectivity index (χ2v) is 37.4. The summed E-state index contributed by atoms with van der Waals surface area (Å²) in [6, 6.07) is -15.3. The van der Waals surface area contributed by atoms with Crippen LogP contribution in [-0.4, -0.2) is 357 Å². The van der Waals surface area contributed by atoms with Gasteiger partial charge in [0.15, 0.2) is 0 Å². The van der Waals surface area contributed by atoms with E-state index in [9.17, 15) is 195 Å². The molecule has 112 heavy (non-hydrogen) atoms. The van der Waals surface area contributed by atoms with Crippen LogP contribution in [0, 0.1) is 0 Å². The van der Waals surface area contributed by atoms with Crippen LogP contribution in [0.1, 0.15) is 0 Å². The van der Waals surface area contributed by atoms with E-state index in [1.54, 1.807) is 0 Å². The monoisotopic (exact) mass is 1940 g/mol. The van der Waals surface area contributed by atoms with Gasteiger partial charge in [-0.1, -0.05) is 60.8 Å². The first-order chi connectivity index (χ1) is 49.8. The summed E-state index contributed by atoms with van der Waals surface area (Å²) in [5.74, 6) is 0. The van der Waals surface area contributed by atoms with E-state index in [2.05, 4.69) is 62.7 Å². The highest BCUT2D eigenvalue weighted by Gasteiger charge is 2.57. The molecule has 0 aromatic rings. The van der Waals surface area contributed by atoms with Crippen molar-refractivity contribution in [2.24, 2.45) is 0 Å². The van der Waals surface area contributed by atoms with Crippen LogP contribution in [0.25, 0.3) is 0 Å². The van der Waals surface area contributed by atoms with E-state index in [1.807, 2.05) is 0 Å². The van der Waals surface area contributed by atoms with Crippen LogP contribution in [0.15, 0.2) is 60.8 Å². The van der Waals surface area contributed by atoms with Crippen LogP contribution in [0.2, 0.25) is 0 Å². The molecule has 654 valence electrons. The summed E-state index contributed by atoms with van der Waals surface area (Å²) in [6.07, 6.45) is -49.3. The molecule has 0 aliphatic heterocycles. The van der Waals surface area contributed by atoms with Gasteiger partial charge in [0.1, 0.15) is 91.6 Å². The SMILES string of the molecule is O=S(=O)(O)O[C@H]1[C@H](OS(=O)(=O)O)[C@@H](N(CCN(CCN([C@H]2C=C[C@@H](OS(=O)(=O)O)[C@@H](OS(=O)(=O)O)[C@@H]2OS(=O)(=O)O)[C@H]2C=C[C@@H](OS(=O)(=O)O)[C@@H](OS(=O)(=O)O)[C@@H]2OS(=O)(=O)O)C2C=C[C@@H](OS(=O)(=O)O)[C@@H](OS(=O)(=O)O)[C@@H]2OS(=O)(=O)O)[C@H]2C=C[C@@H](OS(=O)(=O)O)[C@@H](OS(=O)(=O)O)[C@@H]2OS(=O)(=O)O)C=C[C@H]1OS(=O)(=O)O. The Balaban J connectivity index is 2.13. The maximum atomic E-state index is 13.0. The molecule has 78 heteroatoms. The summed E-state index contributed by atoms with van der Waals surface area (Å²) in [5, 5.41) is 0. The molecule has 0 saturated carbocycles. The van der Waals surface area contributed by atoms with Gasteiger partial charge in [0.25, 0.3) is 0 Å². The Kier molecular flexibility index (Phi) is 31.8. The fourth-order valence-corrected chi connectivity index (χ4v) is 18.5. The van der Waals surface area contributed by atoms with Gasteiger partial charge in [-0.15, -0.1) is 0 Å². The average Bonchev–Trinajstić information content (AvgIpc) is 0.760. The van der Waals surface area contributed by atoms with E-state index in [-0.39, 0.29) is 75.5 Å². The smallest absolute Gasteiger partial charge is 0.292 e. The second-order valence-electron chi connectivity index (χ2n) is 21.7. The predicted molar refractivity (Wildman–Crippen MR) is 336 cm³/mol. The first-order valence-corrected chi connectivity index (χ1v) is 47.8. The third-order valence-electron chi connectivity index (χ3n) is 14.1. The van der Waals surface area contributed by atoms with Gasteiger partial charge >= 0.3 is 156 Å². The molecule has 0 saturated heterocycles. The third-order valence-corrected chi connectivity index (χ3v) is 21.1. The Bertz CT molecular complexity index is 4900. The minimum Gasteiger partial charge on any atom is -0.292 e. The average molecular weight is 1940 g/mol. The zero-order chi connectivity index (χ0) is 86.3. The highest BCUT2D eigenvalue weighted by Crippen LogP contribution is 2.39. The van der Waals surface area contributed by atoms with E-state index in [0.29, 0.717) is 0 Å². The van der Waals surface area contributed by atoms with Gasteiger partial charge in [-0.25, -0.2) is 62.7 Å². The zero-order valence-corrected chi connectivity index (χ0v) is 64.9. The summed E-state index contributed by atoms with van der Waals surface area (Å²) in [5.41, 5.74) is 0. The Morgan fingerprint density at radius 3 is 0.438 bits per heavy atom. The van der Waals surface area contributed by atoms with Gasteiger partial charge in [0.2, 0.25) is 0 Å². The highest BCUT2D eigenvalue weighted by molar-refractivity contribution is 7.84. The van der Waals surface area contributed by atoms with Crippen molar-refractivity contribution >= 4 is 156 Å². The molecule has 0 fully saturated rings. The quantitative estimate of drug-likeness (QED) is 0.0200. The number of hydrogen-bond donors (Lipinski definition) is 15. The van der Waals surface area contributed by atoms with E-state index in [4.69, 9.17) is 0 Å². The fourth-order valence-electron chi connectivity index (χ4n) is 11.2. The molecular weight excluding hydrogens is 1890 g/mol. The van der Waals surface area contributed by atoms with Gasteiger partial charge in [-0.2, -0.15) is 126 Å². The molecule has 15 N–H and O–H groups in total. The normalized spacial score (nSPS) is 30.8. The van der Waals surface area contributed by atoms with Crippen LogP contribution in [-0.2, 0) is 219 Å². The zero-order valence-electron chi connectivity index (χ0n) is 52.7. The Labute approximate surface area is 632 Å². The van der Waals surface area contributed by atoms with Gasteiger partial charge in [0, 0.05) is 26.2 Å². The number of hydrogen-bond acceptors (Lipinski definition) is 48. The summed E-state index contributed by atoms with van der Waals surface area (Å²) >= 11 is 0. The summed E-state index contributed by atoms with van der Waals surface area (Å²) in [4.78, 5) is 0.0822. The maximum Gasteiger partial charge on any atom is 0.398 e. The lowest BCUT2D eigenvalue weighted by Crippen LogP contribution is -2.66. The van der Waals surface area contributed by atoms with Crippen molar-refractivity contribution in [1.82, 2.24) is 14.7 Å². The number of rotatable bonds is 41. The van der Waals surface area contributed by atoms with Crippen molar-refractivity contribution in [3.05, 3.63) is 60.8 Å². The van der Waals surface area contributed by atoms with E-state index in [1.165, 1.54) is 0 Å². The van der Waals surface area contributed by atoms with Crippen LogP contribution in [0.4, 0.5) is 0 Å². The fraction of sp³-hybridized carbons (Fsp3) is 0.706. The van der Waals surface area contributed by atoms with Gasteiger partial charge in [0.05, 0.1) is 30.2 Å². The van der Waals surface area contributed by atoms with Crippen molar-refractivity contribution in [2.75, 3.05) is 26.2 Å². The van der Waals surface area contributed by atoms with Crippen LogP contribution in [0.5, 0.6) is 0 Å². The van der Waals surface area contributed by atoms with E-state index >= 15 is 0 Å². The molecule has 5 aliphatic carbocycles. The van der Waals surface area contributed by atoms with Crippen molar-refractivity contribution in [1.29, 1.82) is 0 Å². The summed E-state index contributed by atoms with van der Waals surface area (Å²) < 4.78 is 593. The summed E-state index contributed by atoms with van der Waals surface area (Å²) in [7, 11) is -96.0. The molecule has 0 bridgehead atoms. The van der Waals surface area contributed by atoms with Crippen molar-refractivity contribution < 1.29 is 257 Å². The molecular formula is C34H53N3O60S15. The lowest BCUT2D eigenvalue weighted by atomic mass is 9.87. The Morgan fingerprint density at radius 2 is 0.295 bits per heavy atom. The molecule has 0 spiro atoms. The van der Waals surface area contributed by atoms with Gasteiger partial charge in [-0.05, 0) is 0 Å². The second kappa shape index (κ2) is 35.9. The summed E-state index contributed by atoms with van der Waals surface area (Å²) in [6.45, 7) is -7.70. The Morgan fingerprint density at radius 1 is 0.170 bits per heavy atom. The molecule has 1 unspecified atom stereocenters. The van der Waals surface area contributed by atoms with Gasteiger partial charge in [-0.3, -0.25) is 83.0 Å². The molecule has 0 amide bonds. The molecule has 0 aromatic carbocycles. The third kappa shape index (κ3) is 34.2. The Hall–Kier alpha value is -3.37. The highest BCUT2D eigenvalue weighted by atomic mass is 32.3. The standard InChI is InChI=1S/C34H53N3O60S15/c38-98(39,40)83-20-6-1-15(25(88-103(53,54)55)30(20)93-108(68,69)70)35(11-13-36(16-2-7-21(84-99(41,42)43)31(94-109(71,72)73)26(16)89-104(56,57)58)17-3-8-22(85-100(44,45)46)32(95-110(74,75)76)27(17)90-105(59,60)61)12-14-37(18-4-9-23(86-101(47,48)49)33(96-111(77,78)79)28(18)91-106(62,63)64)19-5-10-24(87-102(50,51)52)34(97-112(80,81)82)29(19)92-107(65,66)67/h1-10,15-34H,11-14H2,(H,38,39,40)(H,41,42,43)(H,44,45,46)(H,47,48,49)(H,50,51,52)(H,53,54,55)(H,56,57,58)(H,59,60,61)(H,62,63,64)(H,65,66,67)(H,68,69,70)(H,71,72,73)(H,74,75,76)(H,77,78,79)(H,80,81,82)/t15?,16-,17-,18-,19-,20+,21+,22+,23+,24+,25+,26+,27+,28+,29+,30+,31+,32+,33+,34+/m0/s1.